The maximum Gasteiger partial charge on any atom is 0.122 e. The number of hydrogen-bond acceptors (Lipinski definition) is 4. The van der Waals surface area contributed by atoms with E-state index in [9.17, 15) is 0 Å². The Morgan fingerprint density at radius 3 is 2.67 bits per heavy atom. The molecule has 0 aliphatic carbocycles. The van der Waals surface area contributed by atoms with Crippen molar-refractivity contribution in [3.8, 4) is 5.75 Å². The molecule has 0 unspecified atom stereocenters. The van der Waals surface area contributed by atoms with E-state index in [1.165, 1.54) is 0 Å². The van der Waals surface area contributed by atoms with Gasteiger partial charge in [-0.1, -0.05) is 13.8 Å². The quantitative estimate of drug-likeness (QED) is 0.803. The fourth-order valence-corrected chi connectivity index (χ4v) is 2.06. The smallest absolute Gasteiger partial charge is 0.122 e. The van der Waals surface area contributed by atoms with Gasteiger partial charge in [-0.2, -0.15) is 0 Å². The first-order valence-corrected chi connectivity index (χ1v) is 6.49. The SMILES string of the molecule is COc1cc(C)nc(CN(CCN)CC(C)C)c1. The molecule has 102 valence electrons. The molecule has 1 heterocycles. The van der Waals surface area contributed by atoms with Crippen LogP contribution in [0.1, 0.15) is 25.2 Å². The van der Waals surface area contributed by atoms with Gasteiger partial charge >= 0.3 is 0 Å². The summed E-state index contributed by atoms with van der Waals surface area (Å²) in [5.41, 5.74) is 7.69. The molecule has 2 N–H and O–H groups in total. The first-order valence-electron chi connectivity index (χ1n) is 6.49. The largest absolute Gasteiger partial charge is 0.497 e. The van der Waals surface area contributed by atoms with Crippen molar-refractivity contribution in [2.45, 2.75) is 27.3 Å². The molecule has 0 atom stereocenters. The summed E-state index contributed by atoms with van der Waals surface area (Å²) in [5, 5.41) is 0. The number of hydrogen-bond donors (Lipinski definition) is 1. The summed E-state index contributed by atoms with van der Waals surface area (Å²) in [7, 11) is 1.68. The molecule has 0 saturated carbocycles. The van der Waals surface area contributed by atoms with Crippen LogP contribution in [-0.2, 0) is 6.54 Å². The standard InChI is InChI=1S/C14H25N3O/c1-11(2)9-17(6-5-15)10-13-8-14(18-4)7-12(3)16-13/h7-8,11H,5-6,9-10,15H2,1-4H3. The normalized spacial score (nSPS) is 11.3. The van der Waals surface area contributed by atoms with Gasteiger partial charge in [-0.05, 0) is 12.8 Å². The van der Waals surface area contributed by atoms with Crippen LogP contribution < -0.4 is 10.5 Å². The number of nitrogens with two attached hydrogens (primary N) is 1. The van der Waals surface area contributed by atoms with E-state index >= 15 is 0 Å². The first kappa shape index (κ1) is 14.9. The number of aryl methyl sites for hydroxylation is 1. The monoisotopic (exact) mass is 251 g/mol. The molecule has 0 bridgehead atoms. The Morgan fingerprint density at radius 1 is 1.39 bits per heavy atom. The summed E-state index contributed by atoms with van der Waals surface area (Å²) in [6.45, 7) is 9.86. The molecule has 18 heavy (non-hydrogen) atoms. The minimum absolute atomic E-state index is 0.628. The summed E-state index contributed by atoms with van der Waals surface area (Å²) in [4.78, 5) is 6.89. The van der Waals surface area contributed by atoms with Crippen LogP contribution in [0.3, 0.4) is 0 Å². The van der Waals surface area contributed by atoms with Crippen molar-refractivity contribution in [2.75, 3.05) is 26.7 Å². The molecule has 0 amide bonds. The molecule has 1 aromatic heterocycles. The van der Waals surface area contributed by atoms with Gasteiger partial charge < -0.3 is 10.5 Å². The summed E-state index contributed by atoms with van der Waals surface area (Å²) < 4.78 is 5.28. The predicted molar refractivity (Wildman–Crippen MR) is 74.7 cm³/mol. The van der Waals surface area contributed by atoms with Gasteiger partial charge in [0.25, 0.3) is 0 Å². The average molecular weight is 251 g/mol. The van der Waals surface area contributed by atoms with Gasteiger partial charge in [0.05, 0.1) is 12.8 Å². The van der Waals surface area contributed by atoms with Gasteiger partial charge in [-0.3, -0.25) is 9.88 Å². The van der Waals surface area contributed by atoms with Crippen molar-refractivity contribution < 1.29 is 4.74 Å². The van der Waals surface area contributed by atoms with Crippen LogP contribution in [0.5, 0.6) is 5.75 Å². The van der Waals surface area contributed by atoms with Crippen molar-refractivity contribution in [3.63, 3.8) is 0 Å². The van der Waals surface area contributed by atoms with E-state index in [-0.39, 0.29) is 0 Å². The molecular formula is C14H25N3O. The third-order valence-electron chi connectivity index (χ3n) is 2.67. The molecule has 0 aliphatic heterocycles. The number of aromatic nitrogens is 1. The van der Waals surface area contributed by atoms with Crippen LogP contribution in [-0.4, -0.2) is 36.6 Å². The number of pyridine rings is 1. The van der Waals surface area contributed by atoms with Crippen molar-refractivity contribution in [3.05, 3.63) is 23.5 Å². The van der Waals surface area contributed by atoms with Gasteiger partial charge in [0.15, 0.2) is 0 Å². The van der Waals surface area contributed by atoms with Crippen molar-refractivity contribution in [2.24, 2.45) is 11.7 Å². The van der Waals surface area contributed by atoms with E-state index < -0.39 is 0 Å². The lowest BCUT2D eigenvalue weighted by atomic mass is 10.2. The maximum atomic E-state index is 5.66. The van der Waals surface area contributed by atoms with Crippen LogP contribution in [0.2, 0.25) is 0 Å². The van der Waals surface area contributed by atoms with Crippen LogP contribution in [0.4, 0.5) is 0 Å². The van der Waals surface area contributed by atoms with Crippen LogP contribution >= 0.6 is 0 Å². The van der Waals surface area contributed by atoms with E-state index in [2.05, 4.69) is 23.7 Å². The molecule has 1 aromatic rings. The third-order valence-corrected chi connectivity index (χ3v) is 2.67. The van der Waals surface area contributed by atoms with E-state index in [1.54, 1.807) is 7.11 Å². The fourth-order valence-electron chi connectivity index (χ4n) is 2.06. The van der Waals surface area contributed by atoms with Crippen LogP contribution in [0, 0.1) is 12.8 Å². The highest BCUT2D eigenvalue weighted by molar-refractivity contribution is 5.26. The summed E-state index contributed by atoms with van der Waals surface area (Å²) in [6, 6.07) is 3.94. The zero-order chi connectivity index (χ0) is 13.5. The second-order valence-corrected chi connectivity index (χ2v) is 5.06. The lowest BCUT2D eigenvalue weighted by Crippen LogP contribution is -2.32. The molecular weight excluding hydrogens is 226 g/mol. The van der Waals surface area contributed by atoms with Crippen LogP contribution in [0.25, 0.3) is 0 Å². The summed E-state index contributed by atoms with van der Waals surface area (Å²) in [5.74, 6) is 1.50. The molecule has 0 aliphatic rings. The van der Waals surface area contributed by atoms with Gasteiger partial charge in [-0.25, -0.2) is 0 Å². The minimum Gasteiger partial charge on any atom is -0.497 e. The Hall–Kier alpha value is -1.13. The maximum absolute atomic E-state index is 5.66. The summed E-state index contributed by atoms with van der Waals surface area (Å²) >= 11 is 0. The molecule has 1 rings (SSSR count). The highest BCUT2D eigenvalue weighted by Crippen LogP contribution is 2.15. The van der Waals surface area contributed by atoms with Crippen molar-refractivity contribution in [1.29, 1.82) is 0 Å². The molecule has 0 radical (unpaired) electrons. The van der Waals surface area contributed by atoms with Gasteiger partial charge in [-0.15, -0.1) is 0 Å². The number of ether oxygens (including phenoxy) is 1. The molecule has 0 fully saturated rings. The third kappa shape index (κ3) is 5.02. The Bertz CT molecular complexity index is 366. The molecule has 0 aromatic carbocycles. The van der Waals surface area contributed by atoms with Crippen molar-refractivity contribution in [1.82, 2.24) is 9.88 Å². The zero-order valence-corrected chi connectivity index (χ0v) is 11.9. The summed E-state index contributed by atoms with van der Waals surface area (Å²) in [6.07, 6.45) is 0. The minimum atomic E-state index is 0.628. The second-order valence-electron chi connectivity index (χ2n) is 5.06. The highest BCUT2D eigenvalue weighted by atomic mass is 16.5. The van der Waals surface area contributed by atoms with Gasteiger partial charge in [0.1, 0.15) is 5.75 Å². The lowest BCUT2D eigenvalue weighted by Gasteiger charge is -2.23. The number of nitrogens with zero attached hydrogens (tertiary/aromatic N) is 2. The predicted octanol–water partition coefficient (Wildman–Crippen LogP) is 1.82. The lowest BCUT2D eigenvalue weighted by molar-refractivity contribution is 0.239. The van der Waals surface area contributed by atoms with E-state index in [0.29, 0.717) is 12.5 Å². The first-order chi connectivity index (χ1) is 8.55. The number of rotatable bonds is 7. The van der Waals surface area contributed by atoms with Gasteiger partial charge in [0, 0.05) is 44.0 Å². The number of methoxy groups -OCH3 is 1. The van der Waals surface area contributed by atoms with Crippen LogP contribution in [0.15, 0.2) is 12.1 Å². The Balaban J connectivity index is 2.75. The van der Waals surface area contributed by atoms with E-state index in [1.807, 2.05) is 19.1 Å². The van der Waals surface area contributed by atoms with Gasteiger partial charge in [0.2, 0.25) is 0 Å². The fraction of sp³-hybridized carbons (Fsp3) is 0.643. The topological polar surface area (TPSA) is 51.4 Å². The van der Waals surface area contributed by atoms with Crippen molar-refractivity contribution >= 4 is 0 Å². The molecule has 0 spiro atoms. The Kier molecular flexibility index (Phi) is 6.09. The molecule has 4 heteroatoms. The zero-order valence-electron chi connectivity index (χ0n) is 11.9. The Labute approximate surface area is 110 Å². The Morgan fingerprint density at radius 2 is 2.11 bits per heavy atom. The van der Waals surface area contributed by atoms with E-state index in [0.717, 1.165) is 36.8 Å². The molecule has 0 saturated heterocycles. The molecule has 4 nitrogen and oxygen atoms in total. The average Bonchev–Trinajstić information content (AvgIpc) is 2.27. The second kappa shape index (κ2) is 7.34. The van der Waals surface area contributed by atoms with E-state index in [4.69, 9.17) is 10.5 Å². The highest BCUT2D eigenvalue weighted by Gasteiger charge is 2.09.